The number of hydrogen-bond donors (Lipinski definition) is 1. The van der Waals surface area contributed by atoms with E-state index < -0.39 is 0 Å². The molecule has 0 bridgehead atoms. The van der Waals surface area contributed by atoms with E-state index in [1.165, 1.54) is 11.1 Å². The maximum absolute atomic E-state index is 12.2. The number of likely N-dealkylation sites (tertiary alicyclic amines) is 1. The van der Waals surface area contributed by atoms with Crippen LogP contribution in [0.5, 0.6) is 0 Å². The molecule has 1 aliphatic rings. The molecule has 2 N–H and O–H groups in total. The standard InChI is InChI=1S/C15H23N3O/c1-17(2)15(19)14-8-5-9-18(14)11-13-7-4-3-6-12(13)10-16/h3-4,6-7,14H,5,8-11,16H2,1-2H3. The first-order valence-corrected chi connectivity index (χ1v) is 6.85. The van der Waals surface area contributed by atoms with Gasteiger partial charge in [-0.1, -0.05) is 24.3 Å². The van der Waals surface area contributed by atoms with E-state index in [2.05, 4.69) is 17.0 Å². The summed E-state index contributed by atoms with van der Waals surface area (Å²) in [7, 11) is 3.65. The molecule has 1 amide bonds. The molecule has 1 fully saturated rings. The number of carbonyl (C=O) groups is 1. The van der Waals surface area contributed by atoms with Gasteiger partial charge in [0.1, 0.15) is 0 Å². The topological polar surface area (TPSA) is 49.6 Å². The zero-order valence-electron chi connectivity index (χ0n) is 11.8. The highest BCUT2D eigenvalue weighted by Gasteiger charge is 2.31. The van der Waals surface area contributed by atoms with Gasteiger partial charge in [-0.2, -0.15) is 0 Å². The highest BCUT2D eigenvalue weighted by Crippen LogP contribution is 2.22. The third-order valence-electron chi connectivity index (χ3n) is 3.80. The molecule has 0 saturated carbocycles. The lowest BCUT2D eigenvalue weighted by atomic mass is 10.1. The van der Waals surface area contributed by atoms with Crippen LogP contribution in [0.3, 0.4) is 0 Å². The minimum absolute atomic E-state index is 0.0285. The molecule has 19 heavy (non-hydrogen) atoms. The van der Waals surface area contributed by atoms with Crippen molar-refractivity contribution in [2.45, 2.75) is 32.0 Å². The summed E-state index contributed by atoms with van der Waals surface area (Å²) in [6.45, 7) is 2.36. The van der Waals surface area contributed by atoms with Gasteiger partial charge in [0.25, 0.3) is 0 Å². The van der Waals surface area contributed by atoms with E-state index >= 15 is 0 Å². The van der Waals surface area contributed by atoms with Gasteiger partial charge in [-0.05, 0) is 30.5 Å². The highest BCUT2D eigenvalue weighted by molar-refractivity contribution is 5.81. The van der Waals surface area contributed by atoms with Gasteiger partial charge in [-0.3, -0.25) is 9.69 Å². The highest BCUT2D eigenvalue weighted by atomic mass is 16.2. The molecule has 1 aliphatic heterocycles. The van der Waals surface area contributed by atoms with Crippen molar-refractivity contribution in [3.8, 4) is 0 Å². The van der Waals surface area contributed by atoms with E-state index in [0.29, 0.717) is 6.54 Å². The Morgan fingerprint density at radius 2 is 2.05 bits per heavy atom. The second kappa shape index (κ2) is 6.17. The molecule has 0 radical (unpaired) electrons. The van der Waals surface area contributed by atoms with Gasteiger partial charge in [0, 0.05) is 27.2 Å². The summed E-state index contributed by atoms with van der Waals surface area (Å²) in [5, 5.41) is 0. The quantitative estimate of drug-likeness (QED) is 0.886. The Morgan fingerprint density at radius 1 is 1.37 bits per heavy atom. The molecule has 0 aliphatic carbocycles. The molecule has 1 aromatic rings. The normalized spacial score (nSPS) is 19.6. The smallest absolute Gasteiger partial charge is 0.239 e. The Hall–Kier alpha value is -1.39. The number of rotatable bonds is 4. The molecule has 4 heteroatoms. The number of benzene rings is 1. The summed E-state index contributed by atoms with van der Waals surface area (Å²) in [4.78, 5) is 16.1. The van der Waals surface area contributed by atoms with E-state index in [1.807, 2.05) is 26.2 Å². The van der Waals surface area contributed by atoms with Crippen LogP contribution < -0.4 is 5.73 Å². The first kappa shape index (κ1) is 14.0. The fourth-order valence-corrected chi connectivity index (χ4v) is 2.72. The second-order valence-corrected chi connectivity index (χ2v) is 5.33. The molecular formula is C15H23N3O. The first-order chi connectivity index (χ1) is 9.13. The lowest BCUT2D eigenvalue weighted by Gasteiger charge is -2.26. The second-order valence-electron chi connectivity index (χ2n) is 5.33. The molecule has 0 aromatic heterocycles. The number of hydrogen-bond acceptors (Lipinski definition) is 3. The zero-order chi connectivity index (χ0) is 13.8. The minimum atomic E-state index is 0.0285. The summed E-state index contributed by atoms with van der Waals surface area (Å²) >= 11 is 0. The van der Waals surface area contributed by atoms with Crippen molar-refractivity contribution in [3.63, 3.8) is 0 Å². The third kappa shape index (κ3) is 3.14. The van der Waals surface area contributed by atoms with E-state index in [-0.39, 0.29) is 11.9 Å². The fraction of sp³-hybridized carbons (Fsp3) is 0.533. The van der Waals surface area contributed by atoms with E-state index in [0.717, 1.165) is 25.9 Å². The van der Waals surface area contributed by atoms with Crippen molar-refractivity contribution in [3.05, 3.63) is 35.4 Å². The molecular weight excluding hydrogens is 238 g/mol. The van der Waals surface area contributed by atoms with Gasteiger partial charge in [0.2, 0.25) is 5.91 Å². The van der Waals surface area contributed by atoms with Crippen LogP contribution in [0.15, 0.2) is 24.3 Å². The van der Waals surface area contributed by atoms with Crippen molar-refractivity contribution in [1.29, 1.82) is 0 Å². The Morgan fingerprint density at radius 3 is 2.68 bits per heavy atom. The first-order valence-electron chi connectivity index (χ1n) is 6.85. The van der Waals surface area contributed by atoms with Crippen molar-refractivity contribution in [2.24, 2.45) is 5.73 Å². The number of nitrogens with two attached hydrogens (primary N) is 1. The molecule has 104 valence electrons. The zero-order valence-corrected chi connectivity index (χ0v) is 11.8. The van der Waals surface area contributed by atoms with Crippen molar-refractivity contribution < 1.29 is 4.79 Å². The summed E-state index contributed by atoms with van der Waals surface area (Å²) in [5.74, 6) is 0.211. The molecule has 1 aromatic carbocycles. The molecule has 1 unspecified atom stereocenters. The van der Waals surface area contributed by atoms with Crippen LogP contribution >= 0.6 is 0 Å². The molecule has 2 rings (SSSR count). The average Bonchev–Trinajstić information content (AvgIpc) is 2.86. The Balaban J connectivity index is 2.11. The summed E-state index contributed by atoms with van der Waals surface area (Å²) < 4.78 is 0. The number of carbonyl (C=O) groups excluding carboxylic acids is 1. The molecule has 4 nitrogen and oxygen atoms in total. The van der Waals surface area contributed by atoms with Crippen LogP contribution in [0.1, 0.15) is 24.0 Å². The number of amides is 1. The summed E-state index contributed by atoms with van der Waals surface area (Å²) in [6.07, 6.45) is 2.05. The lowest BCUT2D eigenvalue weighted by Crippen LogP contribution is -2.42. The van der Waals surface area contributed by atoms with E-state index in [1.54, 1.807) is 4.90 Å². The predicted octanol–water partition coefficient (Wildman–Crippen LogP) is 1.20. The maximum Gasteiger partial charge on any atom is 0.239 e. The number of likely N-dealkylation sites (N-methyl/N-ethyl adjacent to an activating group) is 1. The molecule has 1 saturated heterocycles. The van der Waals surface area contributed by atoms with Crippen LogP contribution in [0, 0.1) is 0 Å². The maximum atomic E-state index is 12.2. The van der Waals surface area contributed by atoms with Crippen LogP contribution in [-0.2, 0) is 17.9 Å². The van der Waals surface area contributed by atoms with Crippen molar-refractivity contribution in [2.75, 3.05) is 20.6 Å². The van der Waals surface area contributed by atoms with Crippen molar-refractivity contribution in [1.82, 2.24) is 9.80 Å². The van der Waals surface area contributed by atoms with Crippen LogP contribution in [-0.4, -0.2) is 42.4 Å². The van der Waals surface area contributed by atoms with E-state index in [4.69, 9.17) is 5.73 Å². The van der Waals surface area contributed by atoms with Gasteiger partial charge in [-0.15, -0.1) is 0 Å². The van der Waals surface area contributed by atoms with Gasteiger partial charge in [-0.25, -0.2) is 0 Å². The Bertz CT molecular complexity index is 445. The van der Waals surface area contributed by atoms with E-state index in [9.17, 15) is 4.79 Å². The average molecular weight is 261 g/mol. The Labute approximate surface area is 115 Å². The minimum Gasteiger partial charge on any atom is -0.347 e. The SMILES string of the molecule is CN(C)C(=O)C1CCCN1Cc1ccccc1CN. The summed E-state index contributed by atoms with van der Waals surface area (Å²) in [5.41, 5.74) is 8.18. The number of nitrogens with zero attached hydrogens (tertiary/aromatic N) is 2. The van der Waals surface area contributed by atoms with Gasteiger partial charge >= 0.3 is 0 Å². The monoisotopic (exact) mass is 261 g/mol. The van der Waals surface area contributed by atoms with Crippen LogP contribution in [0.25, 0.3) is 0 Å². The Kier molecular flexibility index (Phi) is 4.56. The third-order valence-corrected chi connectivity index (χ3v) is 3.80. The lowest BCUT2D eigenvalue weighted by molar-refractivity contribution is -0.133. The van der Waals surface area contributed by atoms with Gasteiger partial charge < -0.3 is 10.6 Å². The van der Waals surface area contributed by atoms with Crippen LogP contribution in [0.2, 0.25) is 0 Å². The van der Waals surface area contributed by atoms with Crippen LogP contribution in [0.4, 0.5) is 0 Å². The largest absolute Gasteiger partial charge is 0.347 e. The molecule has 0 spiro atoms. The van der Waals surface area contributed by atoms with Gasteiger partial charge in [0.15, 0.2) is 0 Å². The molecule has 1 atom stereocenters. The van der Waals surface area contributed by atoms with Gasteiger partial charge in [0.05, 0.1) is 6.04 Å². The predicted molar refractivity (Wildman–Crippen MR) is 76.5 cm³/mol. The molecule has 1 heterocycles. The van der Waals surface area contributed by atoms with Crippen molar-refractivity contribution >= 4 is 5.91 Å². The fourth-order valence-electron chi connectivity index (χ4n) is 2.72. The summed E-state index contributed by atoms with van der Waals surface area (Å²) in [6, 6.07) is 8.25.